The molecule has 0 amide bonds. The number of aromatic nitrogens is 2. The van der Waals surface area contributed by atoms with Gasteiger partial charge < -0.3 is 10.5 Å². The highest BCUT2D eigenvalue weighted by atomic mass is 19.4. The van der Waals surface area contributed by atoms with Gasteiger partial charge in [0.15, 0.2) is 0 Å². The second-order valence-corrected chi connectivity index (χ2v) is 8.78. The van der Waals surface area contributed by atoms with Gasteiger partial charge in [-0.2, -0.15) is 0 Å². The van der Waals surface area contributed by atoms with Crippen molar-refractivity contribution in [2.24, 2.45) is 0 Å². The Kier molecular flexibility index (Phi) is 6.75. The second kappa shape index (κ2) is 10.1. The van der Waals surface area contributed by atoms with Crippen LogP contribution in [0.2, 0.25) is 0 Å². The predicted octanol–water partition coefficient (Wildman–Crippen LogP) is 5.02. The summed E-state index contributed by atoms with van der Waals surface area (Å²) in [5.74, 6) is 0.952. The standard InChI is InChI=1S/C27H26F3N5O/c28-27(29,30)36-21-12-10-20(11-13-21)25(19-6-2-1-3-7-19)35-16-14-34(15-17-35)18-24-32-23-9-5-4-8-22(23)26(31)33-24/h1-13,25H,14-18H2,(H2,31,32,33). The number of piperazine rings is 1. The van der Waals surface area contributed by atoms with E-state index in [9.17, 15) is 13.2 Å². The molecule has 1 atom stereocenters. The number of nitrogen functional groups attached to an aromatic ring is 1. The average molecular weight is 494 g/mol. The number of nitrogens with zero attached hydrogens (tertiary/aromatic N) is 4. The van der Waals surface area contributed by atoms with Crippen LogP contribution in [-0.4, -0.2) is 52.3 Å². The molecule has 0 saturated carbocycles. The summed E-state index contributed by atoms with van der Waals surface area (Å²) < 4.78 is 41.8. The van der Waals surface area contributed by atoms with Crippen LogP contribution in [0.25, 0.3) is 10.9 Å². The summed E-state index contributed by atoms with van der Waals surface area (Å²) >= 11 is 0. The minimum Gasteiger partial charge on any atom is -0.406 e. The highest BCUT2D eigenvalue weighted by molar-refractivity contribution is 5.87. The van der Waals surface area contributed by atoms with Crippen LogP contribution in [0.5, 0.6) is 5.75 Å². The van der Waals surface area contributed by atoms with Crippen molar-refractivity contribution in [2.75, 3.05) is 31.9 Å². The molecule has 1 saturated heterocycles. The van der Waals surface area contributed by atoms with Crippen molar-refractivity contribution >= 4 is 16.7 Å². The SMILES string of the molecule is Nc1nc(CN2CCN(C(c3ccccc3)c3ccc(OC(F)(F)F)cc3)CC2)nc2ccccc12. The van der Waals surface area contributed by atoms with Crippen LogP contribution in [0.15, 0.2) is 78.9 Å². The lowest BCUT2D eigenvalue weighted by atomic mass is 9.96. The van der Waals surface area contributed by atoms with E-state index < -0.39 is 6.36 Å². The third-order valence-electron chi connectivity index (χ3n) is 6.36. The molecule has 9 heteroatoms. The Hall–Kier alpha value is -3.69. The number of nitrogens with two attached hydrogens (primary N) is 1. The maximum atomic E-state index is 12.6. The Bertz CT molecular complexity index is 1310. The van der Waals surface area contributed by atoms with Crippen LogP contribution in [0, 0.1) is 0 Å². The van der Waals surface area contributed by atoms with Gasteiger partial charge in [-0.1, -0.05) is 54.6 Å². The zero-order chi connectivity index (χ0) is 25.1. The molecule has 0 spiro atoms. The molecule has 0 bridgehead atoms. The third kappa shape index (κ3) is 5.58. The lowest BCUT2D eigenvalue weighted by Gasteiger charge is -2.39. The van der Waals surface area contributed by atoms with Crippen LogP contribution in [0.3, 0.4) is 0 Å². The molecule has 186 valence electrons. The molecule has 5 rings (SSSR count). The van der Waals surface area contributed by atoms with Gasteiger partial charge in [0.25, 0.3) is 0 Å². The summed E-state index contributed by atoms with van der Waals surface area (Å²) in [7, 11) is 0. The zero-order valence-electron chi connectivity index (χ0n) is 19.5. The van der Waals surface area contributed by atoms with Gasteiger partial charge in [0.05, 0.1) is 18.1 Å². The van der Waals surface area contributed by atoms with Crippen molar-refractivity contribution in [3.63, 3.8) is 0 Å². The molecule has 36 heavy (non-hydrogen) atoms. The van der Waals surface area contributed by atoms with Crippen molar-refractivity contribution < 1.29 is 17.9 Å². The van der Waals surface area contributed by atoms with Gasteiger partial charge in [-0.15, -0.1) is 13.2 Å². The van der Waals surface area contributed by atoms with E-state index in [0.29, 0.717) is 18.2 Å². The van der Waals surface area contributed by atoms with E-state index in [1.54, 1.807) is 12.1 Å². The van der Waals surface area contributed by atoms with Gasteiger partial charge in [-0.25, -0.2) is 9.97 Å². The van der Waals surface area contributed by atoms with E-state index in [1.165, 1.54) is 12.1 Å². The smallest absolute Gasteiger partial charge is 0.406 e. The van der Waals surface area contributed by atoms with Crippen molar-refractivity contribution in [3.05, 3.63) is 95.8 Å². The molecule has 1 aromatic heterocycles. The highest BCUT2D eigenvalue weighted by Crippen LogP contribution is 2.32. The molecule has 1 aliphatic heterocycles. The maximum Gasteiger partial charge on any atom is 0.573 e. The van der Waals surface area contributed by atoms with E-state index in [4.69, 9.17) is 5.73 Å². The van der Waals surface area contributed by atoms with Gasteiger partial charge >= 0.3 is 6.36 Å². The third-order valence-corrected chi connectivity index (χ3v) is 6.36. The fourth-order valence-corrected chi connectivity index (χ4v) is 4.70. The van der Waals surface area contributed by atoms with Gasteiger partial charge in [-0.05, 0) is 35.4 Å². The summed E-state index contributed by atoms with van der Waals surface area (Å²) in [6.45, 7) is 3.76. The number of anilines is 1. The van der Waals surface area contributed by atoms with E-state index in [2.05, 4.69) is 24.5 Å². The van der Waals surface area contributed by atoms with Crippen molar-refractivity contribution in [3.8, 4) is 5.75 Å². The molecular formula is C27H26F3N5O. The van der Waals surface area contributed by atoms with Crippen LogP contribution >= 0.6 is 0 Å². The largest absolute Gasteiger partial charge is 0.573 e. The first kappa shape index (κ1) is 24.0. The van der Waals surface area contributed by atoms with Crippen LogP contribution in [-0.2, 0) is 6.54 Å². The van der Waals surface area contributed by atoms with Crippen LogP contribution in [0.1, 0.15) is 23.0 Å². The molecular weight excluding hydrogens is 467 g/mol. The molecule has 2 heterocycles. The number of benzene rings is 3. The quantitative estimate of drug-likeness (QED) is 0.407. The highest BCUT2D eigenvalue weighted by Gasteiger charge is 2.31. The lowest BCUT2D eigenvalue weighted by Crippen LogP contribution is -2.47. The number of ether oxygens (including phenoxy) is 1. The Morgan fingerprint density at radius 2 is 1.44 bits per heavy atom. The molecule has 1 fully saturated rings. The first-order valence-corrected chi connectivity index (χ1v) is 11.7. The molecule has 4 aromatic rings. The minimum absolute atomic E-state index is 0.0825. The van der Waals surface area contributed by atoms with Gasteiger partial charge in [-0.3, -0.25) is 9.80 Å². The molecule has 1 aliphatic rings. The van der Waals surface area contributed by atoms with E-state index in [1.807, 2.05) is 54.6 Å². The van der Waals surface area contributed by atoms with Crippen molar-refractivity contribution in [2.45, 2.75) is 18.9 Å². The van der Waals surface area contributed by atoms with Gasteiger partial charge in [0.1, 0.15) is 17.4 Å². The van der Waals surface area contributed by atoms with Gasteiger partial charge in [0.2, 0.25) is 0 Å². The maximum absolute atomic E-state index is 12.6. The monoisotopic (exact) mass is 493 g/mol. The summed E-state index contributed by atoms with van der Waals surface area (Å²) in [5.41, 5.74) is 8.98. The summed E-state index contributed by atoms with van der Waals surface area (Å²) in [6, 6.07) is 23.8. The predicted molar refractivity (Wildman–Crippen MR) is 132 cm³/mol. The fraction of sp³-hybridized carbons (Fsp3) is 0.259. The van der Waals surface area contributed by atoms with Crippen LogP contribution in [0.4, 0.5) is 19.0 Å². The number of fused-ring (bicyclic) bond motifs is 1. The number of alkyl halides is 3. The zero-order valence-corrected chi connectivity index (χ0v) is 19.5. The normalized spacial score (nSPS) is 16.2. The Morgan fingerprint density at radius 3 is 2.14 bits per heavy atom. The molecule has 0 radical (unpaired) electrons. The Morgan fingerprint density at radius 1 is 0.806 bits per heavy atom. The van der Waals surface area contributed by atoms with Gasteiger partial charge in [0, 0.05) is 31.6 Å². The average Bonchev–Trinajstić information content (AvgIpc) is 2.86. The summed E-state index contributed by atoms with van der Waals surface area (Å²) in [5, 5.41) is 0.850. The van der Waals surface area contributed by atoms with E-state index in [0.717, 1.165) is 48.2 Å². The Balaban J connectivity index is 1.31. The molecule has 0 aliphatic carbocycles. The second-order valence-electron chi connectivity index (χ2n) is 8.78. The van der Waals surface area contributed by atoms with E-state index in [-0.39, 0.29) is 11.8 Å². The molecule has 2 N–H and O–H groups in total. The first-order chi connectivity index (χ1) is 17.4. The number of para-hydroxylation sites is 1. The molecule has 1 unspecified atom stereocenters. The molecule has 3 aromatic carbocycles. The summed E-state index contributed by atoms with van der Waals surface area (Å²) in [6.07, 6.45) is -4.71. The van der Waals surface area contributed by atoms with Crippen LogP contribution < -0.4 is 10.5 Å². The minimum atomic E-state index is -4.71. The molecule has 6 nitrogen and oxygen atoms in total. The number of hydrogen-bond donors (Lipinski definition) is 1. The first-order valence-electron chi connectivity index (χ1n) is 11.7. The van der Waals surface area contributed by atoms with Crippen molar-refractivity contribution in [1.82, 2.24) is 19.8 Å². The number of rotatable bonds is 6. The number of hydrogen-bond acceptors (Lipinski definition) is 6. The topological polar surface area (TPSA) is 67.5 Å². The van der Waals surface area contributed by atoms with Crippen molar-refractivity contribution in [1.29, 1.82) is 0 Å². The summed E-state index contributed by atoms with van der Waals surface area (Å²) in [4.78, 5) is 13.8. The Labute approximate surface area is 207 Å². The lowest BCUT2D eigenvalue weighted by molar-refractivity contribution is -0.274. The number of halogens is 3. The van der Waals surface area contributed by atoms with E-state index >= 15 is 0 Å². The fourth-order valence-electron chi connectivity index (χ4n) is 4.70.